The maximum atomic E-state index is 12.2. The number of pyridine rings is 1. The molecule has 5 heteroatoms. The number of ether oxygens (including phenoxy) is 2. The minimum absolute atomic E-state index is 0.127. The Bertz CT molecular complexity index is 973. The van der Waals surface area contributed by atoms with E-state index in [-0.39, 0.29) is 6.61 Å². The van der Waals surface area contributed by atoms with Gasteiger partial charge in [0, 0.05) is 5.39 Å². The fraction of sp³-hybridized carbons (Fsp3) is 0.150. The summed E-state index contributed by atoms with van der Waals surface area (Å²) in [6.45, 7) is 2.00. The van der Waals surface area contributed by atoms with Gasteiger partial charge in [-0.25, -0.2) is 9.78 Å². The number of fused-ring (bicyclic) bond motifs is 1. The molecule has 0 saturated heterocycles. The number of nitriles is 1. The largest absolute Gasteiger partial charge is 0.487 e. The third kappa shape index (κ3) is 3.29. The van der Waals surface area contributed by atoms with Crippen LogP contribution in [0, 0.1) is 18.3 Å². The number of methoxy groups -OCH3 is 1. The molecule has 1 aromatic heterocycles. The van der Waals surface area contributed by atoms with Crippen LogP contribution >= 0.6 is 0 Å². The number of aryl methyl sites for hydroxylation is 1. The van der Waals surface area contributed by atoms with Crippen LogP contribution in [0.5, 0.6) is 5.75 Å². The van der Waals surface area contributed by atoms with E-state index in [1.54, 1.807) is 24.3 Å². The molecule has 0 spiro atoms. The van der Waals surface area contributed by atoms with Crippen LogP contribution in [0.4, 0.5) is 0 Å². The number of hydrogen-bond acceptors (Lipinski definition) is 5. The van der Waals surface area contributed by atoms with Gasteiger partial charge in [-0.1, -0.05) is 18.2 Å². The number of carbonyl (C=O) groups excluding carboxylic acids is 1. The average molecular weight is 332 g/mol. The predicted octanol–water partition coefficient (Wildman–Crippen LogP) is 3.78. The molecule has 0 atom stereocenters. The van der Waals surface area contributed by atoms with E-state index in [4.69, 9.17) is 14.7 Å². The third-order valence-electron chi connectivity index (χ3n) is 3.98. The molecule has 124 valence electrons. The van der Waals surface area contributed by atoms with Crippen LogP contribution in [0.15, 0.2) is 48.5 Å². The van der Waals surface area contributed by atoms with Gasteiger partial charge in [-0.05, 0) is 42.8 Å². The van der Waals surface area contributed by atoms with Gasteiger partial charge in [0.25, 0.3) is 0 Å². The van der Waals surface area contributed by atoms with E-state index in [0.717, 1.165) is 16.5 Å². The summed E-state index contributed by atoms with van der Waals surface area (Å²) in [5.41, 5.74) is 3.12. The number of carbonyl (C=O) groups is 1. The SMILES string of the molecule is COC(=O)c1c(COc2ccc(C#N)cc2)nc2ccccc2c1C. The van der Waals surface area contributed by atoms with Crippen molar-refractivity contribution >= 4 is 16.9 Å². The zero-order valence-corrected chi connectivity index (χ0v) is 13.9. The molecule has 3 aromatic rings. The van der Waals surface area contributed by atoms with E-state index >= 15 is 0 Å². The highest BCUT2D eigenvalue weighted by Gasteiger charge is 2.19. The van der Waals surface area contributed by atoms with Crippen molar-refractivity contribution in [1.82, 2.24) is 4.98 Å². The molecule has 0 bridgehead atoms. The predicted molar refractivity (Wildman–Crippen MR) is 93.3 cm³/mol. The maximum Gasteiger partial charge on any atom is 0.340 e. The number of esters is 1. The smallest absolute Gasteiger partial charge is 0.340 e. The number of aromatic nitrogens is 1. The molecule has 3 rings (SSSR count). The highest BCUT2D eigenvalue weighted by Crippen LogP contribution is 2.24. The van der Waals surface area contributed by atoms with Crippen LogP contribution in [-0.2, 0) is 11.3 Å². The van der Waals surface area contributed by atoms with Crippen LogP contribution in [0.1, 0.15) is 27.2 Å². The molecule has 1 heterocycles. The summed E-state index contributed by atoms with van der Waals surface area (Å²) >= 11 is 0. The monoisotopic (exact) mass is 332 g/mol. The molecule has 0 fully saturated rings. The second-order valence-corrected chi connectivity index (χ2v) is 5.49. The average Bonchev–Trinajstić information content (AvgIpc) is 2.66. The summed E-state index contributed by atoms with van der Waals surface area (Å²) in [4.78, 5) is 16.8. The molecule has 0 aliphatic rings. The third-order valence-corrected chi connectivity index (χ3v) is 3.98. The number of para-hydroxylation sites is 1. The van der Waals surface area contributed by atoms with Crippen LogP contribution in [0.25, 0.3) is 10.9 Å². The Morgan fingerprint density at radius 3 is 2.56 bits per heavy atom. The summed E-state index contributed by atoms with van der Waals surface area (Å²) in [5, 5.41) is 9.75. The zero-order valence-electron chi connectivity index (χ0n) is 13.9. The summed E-state index contributed by atoms with van der Waals surface area (Å²) < 4.78 is 10.7. The molecule has 25 heavy (non-hydrogen) atoms. The molecule has 0 saturated carbocycles. The number of nitrogens with zero attached hydrogens (tertiary/aromatic N) is 2. The van der Waals surface area contributed by atoms with Crippen molar-refractivity contribution in [2.24, 2.45) is 0 Å². The van der Waals surface area contributed by atoms with E-state index in [2.05, 4.69) is 11.1 Å². The highest BCUT2D eigenvalue weighted by molar-refractivity contribution is 5.98. The zero-order chi connectivity index (χ0) is 17.8. The fourth-order valence-corrected chi connectivity index (χ4v) is 2.70. The molecule has 2 aromatic carbocycles. The molecule has 0 N–H and O–H groups in total. The Labute approximate surface area is 145 Å². The minimum atomic E-state index is -0.436. The van der Waals surface area contributed by atoms with E-state index in [9.17, 15) is 4.79 Å². The summed E-state index contributed by atoms with van der Waals surface area (Å²) in [6, 6.07) is 16.5. The Morgan fingerprint density at radius 2 is 1.88 bits per heavy atom. The fourth-order valence-electron chi connectivity index (χ4n) is 2.70. The Kier molecular flexibility index (Phi) is 4.62. The molecule has 5 nitrogen and oxygen atoms in total. The summed E-state index contributed by atoms with van der Waals surface area (Å²) in [6.07, 6.45) is 0. The first-order chi connectivity index (χ1) is 12.1. The molecule has 0 radical (unpaired) electrons. The number of rotatable bonds is 4. The van der Waals surface area contributed by atoms with Gasteiger partial charge in [-0.15, -0.1) is 0 Å². The van der Waals surface area contributed by atoms with Crippen LogP contribution in [0.3, 0.4) is 0 Å². The number of benzene rings is 2. The second-order valence-electron chi connectivity index (χ2n) is 5.49. The second kappa shape index (κ2) is 7.02. The molecular weight excluding hydrogens is 316 g/mol. The van der Waals surface area contributed by atoms with E-state index in [1.807, 2.05) is 31.2 Å². The molecule has 0 unspecified atom stereocenters. The first-order valence-corrected chi connectivity index (χ1v) is 7.73. The van der Waals surface area contributed by atoms with Crippen molar-refractivity contribution in [2.75, 3.05) is 7.11 Å². The first kappa shape index (κ1) is 16.5. The molecule has 0 amide bonds. The summed E-state index contributed by atoms with van der Waals surface area (Å²) in [7, 11) is 1.35. The maximum absolute atomic E-state index is 12.2. The van der Waals surface area contributed by atoms with E-state index in [0.29, 0.717) is 22.6 Å². The standard InChI is InChI=1S/C20H16N2O3/c1-13-16-5-3-4-6-17(16)22-18(19(13)20(23)24-2)12-25-15-9-7-14(11-21)8-10-15/h3-10H,12H2,1-2H3. The van der Waals surface area contributed by atoms with Crippen molar-refractivity contribution in [2.45, 2.75) is 13.5 Å². The van der Waals surface area contributed by atoms with Crippen molar-refractivity contribution in [3.8, 4) is 11.8 Å². The van der Waals surface area contributed by atoms with Crippen LogP contribution in [0.2, 0.25) is 0 Å². The van der Waals surface area contributed by atoms with Crippen molar-refractivity contribution < 1.29 is 14.3 Å². The Balaban J connectivity index is 1.98. The quantitative estimate of drug-likeness (QED) is 0.680. The van der Waals surface area contributed by atoms with Gasteiger partial charge >= 0.3 is 5.97 Å². The first-order valence-electron chi connectivity index (χ1n) is 7.73. The van der Waals surface area contributed by atoms with Gasteiger partial charge in [0.05, 0.1) is 35.5 Å². The molecular formula is C20H16N2O3. The Morgan fingerprint density at radius 1 is 1.16 bits per heavy atom. The number of hydrogen-bond donors (Lipinski definition) is 0. The molecule has 0 aliphatic carbocycles. The lowest BCUT2D eigenvalue weighted by Crippen LogP contribution is -2.13. The van der Waals surface area contributed by atoms with Crippen LogP contribution in [-0.4, -0.2) is 18.1 Å². The van der Waals surface area contributed by atoms with Gasteiger partial charge in [0.15, 0.2) is 0 Å². The lowest BCUT2D eigenvalue weighted by molar-refractivity contribution is 0.0596. The normalized spacial score (nSPS) is 10.3. The van der Waals surface area contributed by atoms with Crippen LogP contribution < -0.4 is 4.74 Å². The van der Waals surface area contributed by atoms with Gasteiger partial charge in [-0.2, -0.15) is 5.26 Å². The van der Waals surface area contributed by atoms with Crippen molar-refractivity contribution in [3.63, 3.8) is 0 Å². The molecule has 0 aliphatic heterocycles. The highest BCUT2D eigenvalue weighted by atomic mass is 16.5. The van der Waals surface area contributed by atoms with E-state index in [1.165, 1.54) is 7.11 Å². The van der Waals surface area contributed by atoms with Crippen molar-refractivity contribution in [1.29, 1.82) is 5.26 Å². The van der Waals surface area contributed by atoms with Crippen molar-refractivity contribution in [3.05, 3.63) is 70.9 Å². The lowest BCUT2D eigenvalue weighted by Gasteiger charge is -2.14. The van der Waals surface area contributed by atoms with Gasteiger partial charge < -0.3 is 9.47 Å². The van der Waals surface area contributed by atoms with Gasteiger partial charge in [-0.3, -0.25) is 0 Å². The summed E-state index contributed by atoms with van der Waals surface area (Å²) in [5.74, 6) is 0.164. The topological polar surface area (TPSA) is 72.2 Å². The Hall–Kier alpha value is -3.39. The lowest BCUT2D eigenvalue weighted by atomic mass is 10.0. The van der Waals surface area contributed by atoms with Gasteiger partial charge in [0.2, 0.25) is 0 Å². The van der Waals surface area contributed by atoms with E-state index < -0.39 is 5.97 Å². The van der Waals surface area contributed by atoms with Gasteiger partial charge in [0.1, 0.15) is 12.4 Å². The minimum Gasteiger partial charge on any atom is -0.487 e.